The number of carbonyl (C=O) groups excluding carboxylic acids is 1. The molecular formula is C24H21BCl3F4N7O3. The van der Waals surface area contributed by atoms with Gasteiger partial charge < -0.3 is 25.2 Å². The Balaban J connectivity index is 0.000000830. The topological polar surface area (TPSA) is 144 Å². The predicted molar refractivity (Wildman–Crippen MR) is 151 cm³/mol. The van der Waals surface area contributed by atoms with Gasteiger partial charge in [0.05, 0.1) is 17.2 Å². The summed E-state index contributed by atoms with van der Waals surface area (Å²) in [6.45, 7) is 0. The van der Waals surface area contributed by atoms with Crippen molar-refractivity contribution in [1.82, 2.24) is 19.7 Å². The number of hydrogen-bond acceptors (Lipinski definition) is 7. The maximum Gasteiger partial charge on any atom is 0.450 e. The second-order valence-corrected chi connectivity index (χ2v) is 11.8. The number of anilines is 3. The molecule has 2 amide bonds. The summed E-state index contributed by atoms with van der Waals surface area (Å²) >= 11 is 14.4. The van der Waals surface area contributed by atoms with Gasteiger partial charge in [-0.25, -0.2) is 19.2 Å². The highest BCUT2D eigenvalue weighted by Crippen LogP contribution is 2.58. The van der Waals surface area contributed by atoms with E-state index in [1.807, 2.05) is 4.57 Å². The number of urea groups is 1. The first kappa shape index (κ1) is 30.2. The van der Waals surface area contributed by atoms with Gasteiger partial charge in [-0.1, -0.05) is 11.2 Å². The molecule has 0 spiro atoms. The van der Waals surface area contributed by atoms with Gasteiger partial charge in [-0.15, -0.1) is 0 Å². The molecule has 0 unspecified atom stereocenters. The number of aromatic nitrogens is 4. The van der Waals surface area contributed by atoms with Crippen LogP contribution in [0.1, 0.15) is 37.4 Å². The van der Waals surface area contributed by atoms with Gasteiger partial charge in [-0.3, -0.25) is 5.32 Å². The fourth-order valence-corrected chi connectivity index (χ4v) is 4.81. The summed E-state index contributed by atoms with van der Waals surface area (Å²) < 4.78 is 61.6. The fourth-order valence-electron chi connectivity index (χ4n) is 4.81. The summed E-state index contributed by atoms with van der Waals surface area (Å²) in [5.41, 5.74) is 5.19. The van der Waals surface area contributed by atoms with Crippen molar-refractivity contribution in [3.8, 4) is 11.1 Å². The van der Waals surface area contributed by atoms with Crippen molar-refractivity contribution in [3.05, 3.63) is 48.3 Å². The number of amides is 2. The number of nitrogen functional groups attached to an aromatic ring is 1. The Morgan fingerprint density at radius 3 is 2.45 bits per heavy atom. The molecule has 18 heteroatoms. The third kappa shape index (κ3) is 5.96. The SMILES string of the molecule is ClB(Cl)Cl.Nc1ncnc2c1c(-c1ccc(NC(=O)Nc3cc(C4(C(F)(F)F)CC4)no3)c(F)c1)cn2C1CC(O)C1. The van der Waals surface area contributed by atoms with Crippen LogP contribution >= 0.6 is 34.4 Å². The van der Waals surface area contributed by atoms with Gasteiger partial charge in [0.1, 0.15) is 34.7 Å². The van der Waals surface area contributed by atoms with Crippen molar-refractivity contribution in [1.29, 1.82) is 0 Å². The van der Waals surface area contributed by atoms with E-state index >= 15 is 4.39 Å². The zero-order valence-corrected chi connectivity index (χ0v) is 23.6. The van der Waals surface area contributed by atoms with Crippen molar-refractivity contribution in [2.45, 2.75) is 49.4 Å². The molecule has 2 aliphatic carbocycles. The van der Waals surface area contributed by atoms with E-state index in [0.717, 1.165) is 6.07 Å². The van der Waals surface area contributed by atoms with Crippen LogP contribution in [0.3, 0.4) is 0 Å². The lowest BCUT2D eigenvalue weighted by Crippen LogP contribution is -2.30. The van der Waals surface area contributed by atoms with E-state index in [0.29, 0.717) is 35.0 Å². The maximum absolute atomic E-state index is 15.0. The van der Waals surface area contributed by atoms with E-state index in [1.165, 1.54) is 18.5 Å². The Labute approximate surface area is 250 Å². The lowest BCUT2D eigenvalue weighted by molar-refractivity contribution is -0.161. The summed E-state index contributed by atoms with van der Waals surface area (Å²) in [5, 5.41) is 18.3. The molecule has 222 valence electrons. The van der Waals surface area contributed by atoms with Gasteiger partial charge in [-0.05, 0) is 43.4 Å². The molecule has 6 rings (SSSR count). The Kier molecular flexibility index (Phi) is 8.22. The van der Waals surface area contributed by atoms with Crippen molar-refractivity contribution in [2.24, 2.45) is 0 Å². The monoisotopic (exact) mass is 647 g/mol. The van der Waals surface area contributed by atoms with Gasteiger partial charge in [0.2, 0.25) is 5.88 Å². The van der Waals surface area contributed by atoms with E-state index in [-0.39, 0.29) is 42.0 Å². The highest BCUT2D eigenvalue weighted by molar-refractivity contribution is 7.54. The van der Waals surface area contributed by atoms with Crippen molar-refractivity contribution in [3.63, 3.8) is 0 Å². The molecule has 10 nitrogen and oxygen atoms in total. The normalized spacial score (nSPS) is 19.0. The molecule has 5 N–H and O–H groups in total. The number of rotatable bonds is 5. The van der Waals surface area contributed by atoms with Gasteiger partial charge in [0, 0.05) is 23.9 Å². The molecule has 0 atom stereocenters. The zero-order chi connectivity index (χ0) is 30.4. The van der Waals surface area contributed by atoms with E-state index in [1.54, 1.807) is 12.3 Å². The standard InChI is InChI=1S/C24H21F4N7O3.BCl3/c25-15-5-11(14-9-35(12-6-13(36)7-12)21-19(14)20(29)30-10-31-21)1-2-16(15)32-22(37)33-18-8-17(34-38-18)23(3-4-23)24(26,27)28;2-1(3)4/h1-2,5,8-10,12-13,36H,3-4,6-7H2,(H2,29,30,31)(H2,32,33,37);. The van der Waals surface area contributed by atoms with Crippen LogP contribution in [-0.2, 0) is 5.41 Å². The van der Waals surface area contributed by atoms with Gasteiger partial charge in [0.25, 0.3) is 0 Å². The number of halogens is 7. The van der Waals surface area contributed by atoms with Gasteiger partial charge in [-0.2, -0.15) is 47.6 Å². The average Bonchev–Trinajstić information content (AvgIpc) is 3.44. The Bertz CT molecular complexity index is 1620. The summed E-state index contributed by atoms with van der Waals surface area (Å²) in [4.78, 5) is 20.0. The van der Waals surface area contributed by atoms with Crippen LogP contribution in [0.5, 0.6) is 0 Å². The molecule has 1 aromatic carbocycles. The molecule has 3 aromatic heterocycles. The first-order valence-corrected chi connectivity index (χ1v) is 13.7. The maximum atomic E-state index is 15.0. The Morgan fingerprint density at radius 1 is 1.17 bits per heavy atom. The number of nitrogens with two attached hydrogens (primary N) is 1. The first-order valence-electron chi connectivity index (χ1n) is 12.4. The van der Waals surface area contributed by atoms with Crippen molar-refractivity contribution in [2.75, 3.05) is 16.4 Å². The van der Waals surface area contributed by atoms with E-state index in [9.17, 15) is 23.1 Å². The molecule has 0 aliphatic heterocycles. The minimum atomic E-state index is -4.48. The average molecular weight is 649 g/mol. The number of fused-ring (bicyclic) bond motifs is 1. The molecule has 3 heterocycles. The Hall–Kier alpha value is -3.27. The summed E-state index contributed by atoms with van der Waals surface area (Å²) in [6.07, 6.45) is -0.836. The lowest BCUT2D eigenvalue weighted by atomic mass is 9.89. The minimum absolute atomic E-state index is 0.0209. The number of carbonyl (C=O) groups is 1. The predicted octanol–water partition coefficient (Wildman–Crippen LogP) is 6.43. The van der Waals surface area contributed by atoms with Crippen LogP contribution in [-0.4, -0.2) is 48.1 Å². The second-order valence-electron chi connectivity index (χ2n) is 9.86. The molecule has 0 saturated heterocycles. The summed E-state index contributed by atoms with van der Waals surface area (Å²) in [6, 6.07) is 4.25. The molecule has 2 saturated carbocycles. The van der Waals surface area contributed by atoms with Gasteiger partial charge in [0.15, 0.2) is 0 Å². The van der Waals surface area contributed by atoms with E-state index < -0.39 is 34.5 Å². The zero-order valence-electron chi connectivity index (χ0n) is 21.3. The van der Waals surface area contributed by atoms with Crippen LogP contribution in [0.25, 0.3) is 22.2 Å². The quantitative estimate of drug-likeness (QED) is 0.144. The summed E-state index contributed by atoms with van der Waals surface area (Å²) in [7, 11) is 0. The molecule has 0 bridgehead atoms. The Morgan fingerprint density at radius 2 is 1.86 bits per heavy atom. The van der Waals surface area contributed by atoms with E-state index in [2.05, 4.69) is 25.8 Å². The highest BCUT2D eigenvalue weighted by atomic mass is 35.6. The fraction of sp³-hybridized carbons (Fsp3) is 0.333. The van der Waals surface area contributed by atoms with Gasteiger partial charge >= 0.3 is 17.2 Å². The second kappa shape index (κ2) is 11.4. The number of aliphatic hydroxyl groups excluding tert-OH is 1. The van der Waals surface area contributed by atoms with E-state index in [4.69, 9.17) is 44.6 Å². The smallest absolute Gasteiger partial charge is 0.393 e. The lowest BCUT2D eigenvalue weighted by Gasteiger charge is -2.32. The largest absolute Gasteiger partial charge is 0.450 e. The molecule has 4 aromatic rings. The number of nitrogens with zero attached hydrogens (tertiary/aromatic N) is 4. The molecule has 0 radical (unpaired) electrons. The van der Waals surface area contributed by atoms with Crippen molar-refractivity contribution >= 4 is 73.8 Å². The number of alkyl halides is 3. The highest BCUT2D eigenvalue weighted by Gasteiger charge is 2.66. The molecule has 42 heavy (non-hydrogen) atoms. The molecule has 2 aliphatic rings. The molecule has 2 fully saturated rings. The van der Waals surface area contributed by atoms with Crippen LogP contribution in [0.2, 0.25) is 0 Å². The van der Waals surface area contributed by atoms with Crippen LogP contribution in [0.4, 0.5) is 39.7 Å². The summed E-state index contributed by atoms with van der Waals surface area (Å²) in [5.74, 6) is -0.842. The van der Waals surface area contributed by atoms with Crippen LogP contribution in [0.15, 0.2) is 41.3 Å². The third-order valence-electron chi connectivity index (χ3n) is 7.18. The number of nitrogens with one attached hydrogen (secondary N) is 2. The van der Waals surface area contributed by atoms with Crippen LogP contribution < -0.4 is 16.4 Å². The molecular weight excluding hydrogens is 627 g/mol. The third-order valence-corrected chi connectivity index (χ3v) is 7.18. The van der Waals surface area contributed by atoms with Crippen molar-refractivity contribution < 1.29 is 32.0 Å². The number of aliphatic hydroxyl groups is 1. The number of benzene rings is 1. The first-order chi connectivity index (χ1) is 19.8. The minimum Gasteiger partial charge on any atom is -0.393 e. The number of hydrogen-bond donors (Lipinski definition) is 4. The van der Waals surface area contributed by atoms with Crippen LogP contribution in [0, 0.1) is 5.82 Å².